The average molecular weight is 407 g/mol. The molecule has 1 N–H and O–H groups in total. The molecule has 28 heavy (non-hydrogen) atoms. The smallest absolute Gasteiger partial charge is 0.401 e. The van der Waals surface area contributed by atoms with E-state index in [2.05, 4.69) is 0 Å². The van der Waals surface area contributed by atoms with Gasteiger partial charge in [0, 0.05) is 12.1 Å². The van der Waals surface area contributed by atoms with Crippen LogP contribution in [0.15, 0.2) is 12.1 Å². The highest BCUT2D eigenvalue weighted by Gasteiger charge is 2.44. The van der Waals surface area contributed by atoms with Crippen molar-refractivity contribution in [2.75, 3.05) is 26.2 Å². The van der Waals surface area contributed by atoms with E-state index in [1.165, 1.54) is 4.90 Å². The minimum Gasteiger partial charge on any atom is -0.493 e. The molecule has 2 fully saturated rings. The summed E-state index contributed by atoms with van der Waals surface area (Å²) in [6.07, 6.45) is -0.963. The van der Waals surface area contributed by atoms with Crippen LogP contribution in [-0.4, -0.2) is 48.4 Å². The summed E-state index contributed by atoms with van der Waals surface area (Å²) >= 11 is 0. The first kappa shape index (κ1) is 20.8. The van der Waals surface area contributed by atoms with Crippen LogP contribution in [0, 0.1) is 29.4 Å². The molecule has 0 bridgehead atoms. The van der Waals surface area contributed by atoms with E-state index in [1.807, 2.05) is 0 Å². The lowest BCUT2D eigenvalue weighted by Crippen LogP contribution is -2.40. The number of carbonyl (C=O) groups is 1. The molecule has 0 radical (unpaired) electrons. The fourth-order valence-electron chi connectivity index (χ4n) is 4.14. The first-order chi connectivity index (χ1) is 13.1. The fraction of sp³-hybridized carbons (Fsp3) is 0.632. The van der Waals surface area contributed by atoms with Crippen molar-refractivity contribution in [3.05, 3.63) is 29.3 Å². The van der Waals surface area contributed by atoms with Crippen molar-refractivity contribution in [2.24, 2.45) is 17.8 Å². The predicted octanol–water partition coefficient (Wildman–Crippen LogP) is 4.34. The van der Waals surface area contributed by atoms with Gasteiger partial charge in [0.1, 0.15) is 22.9 Å². The van der Waals surface area contributed by atoms with Crippen molar-refractivity contribution in [3.8, 4) is 5.75 Å². The van der Waals surface area contributed by atoms with Crippen LogP contribution in [0.2, 0.25) is 0 Å². The lowest BCUT2D eigenvalue weighted by atomic mass is 9.90. The molecule has 3 rings (SSSR count). The summed E-state index contributed by atoms with van der Waals surface area (Å²) in [6.45, 7) is 0.311. The van der Waals surface area contributed by atoms with Crippen LogP contribution >= 0.6 is 0 Å². The summed E-state index contributed by atoms with van der Waals surface area (Å²) in [6, 6.07) is 1.71. The number of alkyl halides is 3. The van der Waals surface area contributed by atoms with Gasteiger partial charge in [0.05, 0.1) is 13.2 Å². The number of carboxylic acid groups (broad SMARTS) is 1. The van der Waals surface area contributed by atoms with Crippen molar-refractivity contribution in [2.45, 2.75) is 31.9 Å². The third-order valence-electron chi connectivity index (χ3n) is 5.60. The molecule has 1 saturated carbocycles. The van der Waals surface area contributed by atoms with E-state index in [0.717, 1.165) is 31.4 Å². The minimum absolute atomic E-state index is 0.0577. The SMILES string of the molecule is O=C(O)c1c(F)cc(OCC[C@@H]2C[C@@H]2C2CCN(CC(F)(F)F)CC2)cc1F. The number of halogens is 5. The molecule has 2 aliphatic rings. The first-order valence-corrected chi connectivity index (χ1v) is 9.28. The lowest BCUT2D eigenvalue weighted by molar-refractivity contribution is -0.148. The largest absolute Gasteiger partial charge is 0.493 e. The van der Waals surface area contributed by atoms with E-state index in [4.69, 9.17) is 9.84 Å². The minimum atomic E-state index is -4.16. The molecule has 1 heterocycles. The molecule has 156 valence electrons. The highest BCUT2D eigenvalue weighted by atomic mass is 19.4. The van der Waals surface area contributed by atoms with E-state index in [1.54, 1.807) is 0 Å². The molecule has 0 spiro atoms. The molecule has 1 saturated heterocycles. The Morgan fingerprint density at radius 3 is 2.32 bits per heavy atom. The standard InChI is InChI=1S/C19H22F5NO3/c20-15-8-13(9-16(21)17(15)18(26)27)28-6-3-12-7-14(12)11-1-4-25(5-2-11)10-19(22,23)24/h8-9,11-12,14H,1-7,10H2,(H,26,27)/t12-,14-/m1/s1. The molecular formula is C19H22F5NO3. The van der Waals surface area contributed by atoms with Gasteiger partial charge in [-0.3, -0.25) is 4.90 Å². The van der Waals surface area contributed by atoms with E-state index in [0.29, 0.717) is 37.3 Å². The first-order valence-electron chi connectivity index (χ1n) is 9.28. The second-order valence-electron chi connectivity index (χ2n) is 7.59. The Balaban J connectivity index is 1.40. The van der Waals surface area contributed by atoms with Crippen molar-refractivity contribution in [3.63, 3.8) is 0 Å². The van der Waals surface area contributed by atoms with Crippen LogP contribution in [0.3, 0.4) is 0 Å². The molecular weight excluding hydrogens is 385 g/mol. The number of benzene rings is 1. The molecule has 1 aromatic carbocycles. The van der Waals surface area contributed by atoms with Gasteiger partial charge in [0.15, 0.2) is 0 Å². The van der Waals surface area contributed by atoms with Gasteiger partial charge >= 0.3 is 12.1 Å². The quantitative estimate of drug-likeness (QED) is 0.683. The Kier molecular flexibility index (Phi) is 6.12. The zero-order valence-corrected chi connectivity index (χ0v) is 15.1. The Morgan fingerprint density at radius 1 is 1.18 bits per heavy atom. The number of nitrogens with zero attached hydrogens (tertiary/aromatic N) is 1. The highest BCUT2D eigenvalue weighted by Crippen LogP contribution is 2.49. The number of hydrogen-bond donors (Lipinski definition) is 1. The summed E-state index contributed by atoms with van der Waals surface area (Å²) in [4.78, 5) is 12.2. The van der Waals surface area contributed by atoms with Crippen LogP contribution < -0.4 is 4.74 Å². The zero-order chi connectivity index (χ0) is 20.5. The topological polar surface area (TPSA) is 49.8 Å². The molecule has 0 amide bonds. The fourth-order valence-corrected chi connectivity index (χ4v) is 4.14. The number of piperidine rings is 1. The number of rotatable bonds is 7. The van der Waals surface area contributed by atoms with Crippen LogP contribution in [0.4, 0.5) is 22.0 Å². The summed E-state index contributed by atoms with van der Waals surface area (Å²) in [7, 11) is 0. The summed E-state index contributed by atoms with van der Waals surface area (Å²) in [5.74, 6) is -2.80. The van der Waals surface area contributed by atoms with Gasteiger partial charge in [-0.15, -0.1) is 0 Å². The Labute approximate surface area is 159 Å². The van der Waals surface area contributed by atoms with Crippen molar-refractivity contribution < 1.29 is 36.6 Å². The van der Waals surface area contributed by atoms with Gasteiger partial charge in [-0.2, -0.15) is 13.2 Å². The lowest BCUT2D eigenvalue weighted by Gasteiger charge is -2.32. The summed E-state index contributed by atoms with van der Waals surface area (Å²) < 4.78 is 69.9. The maximum absolute atomic E-state index is 13.6. The monoisotopic (exact) mass is 407 g/mol. The highest BCUT2D eigenvalue weighted by molar-refractivity contribution is 5.88. The number of likely N-dealkylation sites (tertiary alicyclic amines) is 1. The van der Waals surface area contributed by atoms with Crippen molar-refractivity contribution in [1.29, 1.82) is 0 Å². The van der Waals surface area contributed by atoms with Gasteiger partial charge in [0.2, 0.25) is 0 Å². The second-order valence-corrected chi connectivity index (χ2v) is 7.59. The molecule has 9 heteroatoms. The molecule has 0 unspecified atom stereocenters. The zero-order valence-electron chi connectivity index (χ0n) is 15.1. The number of hydrogen-bond acceptors (Lipinski definition) is 3. The Morgan fingerprint density at radius 2 is 1.79 bits per heavy atom. The molecule has 1 aliphatic heterocycles. The van der Waals surface area contributed by atoms with Crippen LogP contribution in [0.25, 0.3) is 0 Å². The number of carboxylic acids is 1. The van der Waals surface area contributed by atoms with Crippen LogP contribution in [-0.2, 0) is 0 Å². The van der Waals surface area contributed by atoms with Crippen LogP contribution in [0.1, 0.15) is 36.0 Å². The molecule has 0 aromatic heterocycles. The van der Waals surface area contributed by atoms with Gasteiger partial charge in [-0.1, -0.05) is 0 Å². The number of ether oxygens (including phenoxy) is 1. The van der Waals surface area contributed by atoms with Gasteiger partial charge in [-0.05, 0) is 56.5 Å². The van der Waals surface area contributed by atoms with E-state index in [-0.39, 0.29) is 12.4 Å². The normalized spacial score (nSPS) is 23.6. The maximum Gasteiger partial charge on any atom is 0.401 e. The average Bonchev–Trinajstić information content (AvgIpc) is 3.32. The Bertz CT molecular complexity index is 693. The Hall–Kier alpha value is -1.90. The molecule has 2 atom stereocenters. The van der Waals surface area contributed by atoms with Crippen molar-refractivity contribution >= 4 is 5.97 Å². The molecule has 1 aromatic rings. The van der Waals surface area contributed by atoms with Crippen LogP contribution in [0.5, 0.6) is 5.75 Å². The molecule has 4 nitrogen and oxygen atoms in total. The van der Waals surface area contributed by atoms with Gasteiger partial charge in [-0.25, -0.2) is 13.6 Å². The van der Waals surface area contributed by atoms with Crippen molar-refractivity contribution in [1.82, 2.24) is 4.90 Å². The molecule has 1 aliphatic carbocycles. The van der Waals surface area contributed by atoms with E-state index < -0.39 is 35.9 Å². The van der Waals surface area contributed by atoms with E-state index >= 15 is 0 Å². The third-order valence-corrected chi connectivity index (χ3v) is 5.60. The van der Waals surface area contributed by atoms with Gasteiger partial charge < -0.3 is 9.84 Å². The van der Waals surface area contributed by atoms with Gasteiger partial charge in [0.25, 0.3) is 0 Å². The second kappa shape index (κ2) is 8.23. The number of aromatic carboxylic acids is 1. The summed E-state index contributed by atoms with van der Waals surface area (Å²) in [5.41, 5.74) is -1.01. The maximum atomic E-state index is 13.6. The van der Waals surface area contributed by atoms with E-state index in [9.17, 15) is 26.7 Å². The summed E-state index contributed by atoms with van der Waals surface area (Å²) in [5, 5.41) is 8.74. The predicted molar refractivity (Wildman–Crippen MR) is 90.2 cm³/mol. The third kappa shape index (κ3) is 5.33.